The molecule has 0 aromatic carbocycles. The first-order chi connectivity index (χ1) is 6.71. The number of carbonyl (C=O) groups excluding carboxylic acids is 1. The highest BCUT2D eigenvalue weighted by atomic mass is 32.1. The van der Waals surface area contributed by atoms with Crippen molar-refractivity contribution in [1.82, 2.24) is 0 Å². The average molecular weight is 209 g/mol. The first-order valence-corrected chi connectivity index (χ1v) is 5.98. The molecular weight excluding hydrogens is 194 g/mol. The average Bonchev–Trinajstić information content (AvgIpc) is 2.76. The van der Waals surface area contributed by atoms with Gasteiger partial charge >= 0.3 is 0 Å². The fraction of sp³-hybridized carbons (Fsp3) is 0.545. The van der Waals surface area contributed by atoms with Crippen molar-refractivity contribution < 1.29 is 4.79 Å². The summed E-state index contributed by atoms with van der Waals surface area (Å²) < 4.78 is 0. The number of Topliss-reactive ketones (excluding diaryl/α,β-unsaturated/α-hetero) is 1. The van der Waals surface area contributed by atoms with E-state index in [2.05, 4.69) is 0 Å². The van der Waals surface area contributed by atoms with Crippen molar-refractivity contribution in [3.8, 4) is 0 Å². The van der Waals surface area contributed by atoms with E-state index >= 15 is 0 Å². The van der Waals surface area contributed by atoms with E-state index in [-0.39, 0.29) is 5.78 Å². The molecule has 3 heteroatoms. The van der Waals surface area contributed by atoms with Crippen LogP contribution in [0.4, 0.5) is 0 Å². The molecule has 1 aliphatic rings. The van der Waals surface area contributed by atoms with E-state index in [1.807, 2.05) is 16.8 Å². The summed E-state index contributed by atoms with van der Waals surface area (Å²) in [6, 6.07) is 2.00. The van der Waals surface area contributed by atoms with Gasteiger partial charge in [0.1, 0.15) is 0 Å². The van der Waals surface area contributed by atoms with E-state index in [0.717, 1.165) is 31.2 Å². The summed E-state index contributed by atoms with van der Waals surface area (Å²) in [5, 5.41) is 4.02. The highest BCUT2D eigenvalue weighted by Gasteiger charge is 2.36. The molecule has 2 N–H and O–H groups in total. The SMILES string of the molecule is NC1(C(=O)Cc2ccsc2)CCCC1. The normalized spacial score (nSPS) is 19.8. The summed E-state index contributed by atoms with van der Waals surface area (Å²) in [7, 11) is 0. The predicted molar refractivity (Wildman–Crippen MR) is 58.4 cm³/mol. The van der Waals surface area contributed by atoms with Gasteiger partial charge in [0.05, 0.1) is 5.54 Å². The molecule has 1 aliphatic carbocycles. The van der Waals surface area contributed by atoms with Gasteiger partial charge in [-0.2, -0.15) is 11.3 Å². The number of thiophene rings is 1. The summed E-state index contributed by atoms with van der Waals surface area (Å²) in [5.74, 6) is 0.216. The summed E-state index contributed by atoms with van der Waals surface area (Å²) in [4.78, 5) is 11.9. The van der Waals surface area contributed by atoms with Gasteiger partial charge in [0.2, 0.25) is 0 Å². The Balaban J connectivity index is 2.02. The zero-order chi connectivity index (χ0) is 10.0. The molecule has 14 heavy (non-hydrogen) atoms. The second-order valence-corrected chi connectivity index (χ2v) is 4.87. The van der Waals surface area contributed by atoms with Gasteiger partial charge in [-0.1, -0.05) is 12.8 Å². The Kier molecular flexibility index (Phi) is 2.70. The Morgan fingerprint density at radius 1 is 1.50 bits per heavy atom. The number of rotatable bonds is 3. The Morgan fingerprint density at radius 3 is 2.79 bits per heavy atom. The fourth-order valence-electron chi connectivity index (χ4n) is 2.04. The largest absolute Gasteiger partial charge is 0.319 e. The lowest BCUT2D eigenvalue weighted by atomic mass is 9.90. The van der Waals surface area contributed by atoms with E-state index in [0.29, 0.717) is 6.42 Å². The summed E-state index contributed by atoms with van der Waals surface area (Å²) in [6.45, 7) is 0. The smallest absolute Gasteiger partial charge is 0.157 e. The van der Waals surface area contributed by atoms with Crippen molar-refractivity contribution in [2.75, 3.05) is 0 Å². The minimum Gasteiger partial charge on any atom is -0.319 e. The molecular formula is C11H15NOS. The van der Waals surface area contributed by atoms with Crippen LogP contribution >= 0.6 is 11.3 Å². The van der Waals surface area contributed by atoms with Gasteiger partial charge in [0.15, 0.2) is 5.78 Å². The number of nitrogens with two attached hydrogens (primary N) is 1. The first kappa shape index (κ1) is 9.87. The number of hydrogen-bond acceptors (Lipinski definition) is 3. The predicted octanol–water partition coefficient (Wildman–Crippen LogP) is 2.13. The number of hydrogen-bond donors (Lipinski definition) is 1. The van der Waals surface area contributed by atoms with Crippen molar-refractivity contribution in [1.29, 1.82) is 0 Å². The quantitative estimate of drug-likeness (QED) is 0.828. The van der Waals surface area contributed by atoms with E-state index in [1.54, 1.807) is 11.3 Å². The standard InChI is InChI=1S/C11H15NOS/c12-11(4-1-2-5-11)10(13)7-9-3-6-14-8-9/h3,6,8H,1-2,4-5,7,12H2. The van der Waals surface area contributed by atoms with E-state index in [9.17, 15) is 4.79 Å². The van der Waals surface area contributed by atoms with Crippen LogP contribution in [-0.4, -0.2) is 11.3 Å². The van der Waals surface area contributed by atoms with Crippen LogP contribution in [-0.2, 0) is 11.2 Å². The van der Waals surface area contributed by atoms with Crippen LogP contribution in [0.5, 0.6) is 0 Å². The third-order valence-electron chi connectivity index (χ3n) is 3.00. The highest BCUT2D eigenvalue weighted by molar-refractivity contribution is 7.08. The Morgan fingerprint density at radius 2 is 2.21 bits per heavy atom. The van der Waals surface area contributed by atoms with Gasteiger partial charge in [0, 0.05) is 6.42 Å². The highest BCUT2D eigenvalue weighted by Crippen LogP contribution is 2.29. The maximum atomic E-state index is 11.9. The van der Waals surface area contributed by atoms with Gasteiger partial charge in [-0.25, -0.2) is 0 Å². The molecule has 0 spiro atoms. The van der Waals surface area contributed by atoms with E-state index < -0.39 is 5.54 Å². The van der Waals surface area contributed by atoms with Crippen LogP contribution in [0.3, 0.4) is 0 Å². The molecule has 1 aromatic heterocycles. The second-order valence-electron chi connectivity index (χ2n) is 4.09. The molecule has 0 aliphatic heterocycles. The zero-order valence-electron chi connectivity index (χ0n) is 8.16. The van der Waals surface area contributed by atoms with Gasteiger partial charge in [-0.05, 0) is 35.2 Å². The van der Waals surface area contributed by atoms with Crippen LogP contribution in [0.1, 0.15) is 31.2 Å². The number of ketones is 1. The van der Waals surface area contributed by atoms with Crippen LogP contribution in [0.15, 0.2) is 16.8 Å². The summed E-state index contributed by atoms with van der Waals surface area (Å²) in [6.07, 6.45) is 4.46. The molecule has 0 atom stereocenters. The van der Waals surface area contributed by atoms with Gasteiger partial charge < -0.3 is 5.73 Å². The van der Waals surface area contributed by atoms with Crippen molar-refractivity contribution in [3.05, 3.63) is 22.4 Å². The molecule has 0 bridgehead atoms. The van der Waals surface area contributed by atoms with E-state index in [4.69, 9.17) is 5.73 Å². The Labute approximate surface area is 88.1 Å². The van der Waals surface area contributed by atoms with Crippen molar-refractivity contribution >= 4 is 17.1 Å². The molecule has 76 valence electrons. The molecule has 1 aromatic rings. The molecule has 0 amide bonds. The van der Waals surface area contributed by atoms with E-state index in [1.165, 1.54) is 0 Å². The van der Waals surface area contributed by atoms with Crippen LogP contribution in [0, 0.1) is 0 Å². The molecule has 2 rings (SSSR count). The molecule has 0 unspecified atom stereocenters. The lowest BCUT2D eigenvalue weighted by molar-refractivity contribution is -0.123. The maximum Gasteiger partial charge on any atom is 0.157 e. The summed E-state index contributed by atoms with van der Waals surface area (Å²) >= 11 is 1.63. The summed E-state index contributed by atoms with van der Waals surface area (Å²) in [5.41, 5.74) is 6.67. The fourth-order valence-corrected chi connectivity index (χ4v) is 2.71. The lowest BCUT2D eigenvalue weighted by Crippen LogP contribution is -2.46. The van der Waals surface area contributed by atoms with Gasteiger partial charge in [0.25, 0.3) is 0 Å². The van der Waals surface area contributed by atoms with Crippen molar-refractivity contribution in [2.24, 2.45) is 5.73 Å². The van der Waals surface area contributed by atoms with Crippen LogP contribution in [0.2, 0.25) is 0 Å². The lowest BCUT2D eigenvalue weighted by Gasteiger charge is -2.21. The van der Waals surface area contributed by atoms with Crippen LogP contribution < -0.4 is 5.73 Å². The zero-order valence-corrected chi connectivity index (χ0v) is 8.98. The first-order valence-electron chi connectivity index (χ1n) is 5.04. The Hall–Kier alpha value is -0.670. The minimum atomic E-state index is -0.512. The monoisotopic (exact) mass is 209 g/mol. The topological polar surface area (TPSA) is 43.1 Å². The third kappa shape index (κ3) is 1.88. The van der Waals surface area contributed by atoms with Gasteiger partial charge in [-0.3, -0.25) is 4.79 Å². The molecule has 0 saturated heterocycles. The minimum absolute atomic E-state index is 0.216. The van der Waals surface area contributed by atoms with Crippen LogP contribution in [0.25, 0.3) is 0 Å². The Bertz CT molecular complexity index is 312. The molecule has 1 saturated carbocycles. The molecule has 2 nitrogen and oxygen atoms in total. The van der Waals surface area contributed by atoms with Crippen molar-refractivity contribution in [2.45, 2.75) is 37.6 Å². The molecule has 1 fully saturated rings. The van der Waals surface area contributed by atoms with Crippen molar-refractivity contribution in [3.63, 3.8) is 0 Å². The molecule has 1 heterocycles. The maximum absolute atomic E-state index is 11.9. The third-order valence-corrected chi connectivity index (χ3v) is 3.73. The molecule has 0 radical (unpaired) electrons. The second kappa shape index (κ2) is 3.83. The van der Waals surface area contributed by atoms with Gasteiger partial charge in [-0.15, -0.1) is 0 Å². The number of carbonyl (C=O) groups is 1.